The molecule has 1 heterocycles. The molecule has 0 radical (unpaired) electrons. The number of aliphatic carboxylic acids is 1. The van der Waals surface area contributed by atoms with Gasteiger partial charge < -0.3 is 9.67 Å². The van der Waals surface area contributed by atoms with Gasteiger partial charge in [0.25, 0.3) is 0 Å². The van der Waals surface area contributed by atoms with Crippen molar-refractivity contribution in [1.29, 1.82) is 5.26 Å². The summed E-state index contributed by atoms with van der Waals surface area (Å²) in [5, 5.41) is 17.3. The van der Waals surface area contributed by atoms with Gasteiger partial charge in [-0.15, -0.1) is 0 Å². The second-order valence-corrected chi connectivity index (χ2v) is 3.29. The van der Waals surface area contributed by atoms with Crippen LogP contribution in [0.4, 0.5) is 0 Å². The minimum Gasteiger partial charge on any atom is -0.477 e. The number of nitrogens with zero attached hydrogens (tertiary/aromatic N) is 3. The van der Waals surface area contributed by atoms with Gasteiger partial charge in [-0.05, 0) is 19.9 Å². The molecule has 1 aromatic rings. The summed E-state index contributed by atoms with van der Waals surface area (Å²) >= 11 is 0. The van der Waals surface area contributed by atoms with E-state index in [2.05, 4.69) is 4.98 Å². The Morgan fingerprint density at radius 2 is 2.40 bits per heavy atom. The largest absolute Gasteiger partial charge is 0.477 e. The summed E-state index contributed by atoms with van der Waals surface area (Å²) in [6.07, 6.45) is 4.45. The number of hydrogen-bond acceptors (Lipinski definition) is 3. The van der Waals surface area contributed by atoms with E-state index >= 15 is 0 Å². The SMILES string of the molecule is CC(C)n1cncc1/C=C(/C#N)C(=O)O. The second kappa shape index (κ2) is 4.42. The number of hydrogen-bond donors (Lipinski definition) is 1. The second-order valence-electron chi connectivity index (χ2n) is 3.29. The molecule has 15 heavy (non-hydrogen) atoms. The van der Waals surface area contributed by atoms with Gasteiger partial charge in [-0.1, -0.05) is 0 Å². The van der Waals surface area contributed by atoms with E-state index in [4.69, 9.17) is 10.4 Å². The van der Waals surface area contributed by atoms with E-state index in [9.17, 15) is 4.79 Å². The fourth-order valence-corrected chi connectivity index (χ4v) is 1.15. The molecule has 0 saturated carbocycles. The van der Waals surface area contributed by atoms with Gasteiger partial charge in [0.15, 0.2) is 0 Å². The molecule has 0 aliphatic carbocycles. The van der Waals surface area contributed by atoms with Crippen molar-refractivity contribution in [3.63, 3.8) is 0 Å². The van der Waals surface area contributed by atoms with Crippen LogP contribution in [0, 0.1) is 11.3 Å². The first-order valence-corrected chi connectivity index (χ1v) is 4.43. The lowest BCUT2D eigenvalue weighted by atomic mass is 10.2. The molecule has 0 aliphatic heterocycles. The van der Waals surface area contributed by atoms with Gasteiger partial charge in [0, 0.05) is 6.04 Å². The first-order chi connectivity index (χ1) is 7.06. The maximum absolute atomic E-state index is 10.6. The molecule has 0 amide bonds. The van der Waals surface area contributed by atoms with Crippen LogP contribution in [-0.4, -0.2) is 20.6 Å². The van der Waals surface area contributed by atoms with Crippen molar-refractivity contribution in [2.45, 2.75) is 19.9 Å². The minimum atomic E-state index is -1.23. The van der Waals surface area contributed by atoms with Crippen molar-refractivity contribution in [3.8, 4) is 6.07 Å². The Hall–Kier alpha value is -2.09. The zero-order valence-corrected chi connectivity index (χ0v) is 8.51. The van der Waals surface area contributed by atoms with Crippen molar-refractivity contribution in [2.75, 3.05) is 0 Å². The third-order valence-electron chi connectivity index (χ3n) is 1.90. The van der Waals surface area contributed by atoms with Gasteiger partial charge >= 0.3 is 5.97 Å². The zero-order chi connectivity index (χ0) is 11.4. The number of rotatable bonds is 3. The highest BCUT2D eigenvalue weighted by atomic mass is 16.4. The van der Waals surface area contributed by atoms with Gasteiger partial charge in [0.05, 0.1) is 18.2 Å². The number of carbonyl (C=O) groups is 1. The van der Waals surface area contributed by atoms with E-state index in [0.717, 1.165) is 0 Å². The molecule has 0 bridgehead atoms. The van der Waals surface area contributed by atoms with Crippen molar-refractivity contribution < 1.29 is 9.90 Å². The molecule has 5 nitrogen and oxygen atoms in total. The van der Waals surface area contributed by atoms with E-state index in [1.165, 1.54) is 12.3 Å². The van der Waals surface area contributed by atoms with Gasteiger partial charge in [0.1, 0.15) is 11.6 Å². The highest BCUT2D eigenvalue weighted by molar-refractivity contribution is 5.96. The van der Waals surface area contributed by atoms with E-state index in [1.807, 2.05) is 13.8 Å². The lowest BCUT2D eigenvalue weighted by Crippen LogP contribution is -2.03. The predicted molar refractivity (Wildman–Crippen MR) is 53.8 cm³/mol. The fraction of sp³-hybridized carbons (Fsp3) is 0.300. The van der Waals surface area contributed by atoms with Crippen molar-refractivity contribution >= 4 is 12.0 Å². The number of nitriles is 1. The van der Waals surface area contributed by atoms with E-state index < -0.39 is 5.97 Å². The fourth-order valence-electron chi connectivity index (χ4n) is 1.15. The number of imidazole rings is 1. The van der Waals surface area contributed by atoms with E-state index in [0.29, 0.717) is 5.69 Å². The molecular weight excluding hydrogens is 194 g/mol. The molecule has 0 unspecified atom stereocenters. The van der Waals surface area contributed by atoms with E-state index in [1.54, 1.807) is 17.0 Å². The molecular formula is C10H11N3O2. The molecule has 0 saturated heterocycles. The lowest BCUT2D eigenvalue weighted by Gasteiger charge is -2.08. The van der Waals surface area contributed by atoms with Gasteiger partial charge in [-0.25, -0.2) is 9.78 Å². The maximum atomic E-state index is 10.6. The highest BCUT2D eigenvalue weighted by Gasteiger charge is 2.09. The molecule has 0 aromatic carbocycles. The Bertz CT molecular complexity index is 438. The normalized spacial score (nSPS) is 11.5. The van der Waals surface area contributed by atoms with Crippen LogP contribution >= 0.6 is 0 Å². The molecule has 0 atom stereocenters. The third kappa shape index (κ3) is 2.44. The van der Waals surface area contributed by atoms with Crippen LogP contribution in [-0.2, 0) is 4.79 Å². The first-order valence-electron chi connectivity index (χ1n) is 4.43. The number of carboxylic acid groups (broad SMARTS) is 1. The van der Waals surface area contributed by atoms with Crippen LogP contribution in [0.3, 0.4) is 0 Å². The van der Waals surface area contributed by atoms with Crippen molar-refractivity contribution in [2.24, 2.45) is 0 Å². The molecule has 0 aliphatic rings. The molecule has 78 valence electrons. The van der Waals surface area contributed by atoms with Crippen LogP contribution in [0.5, 0.6) is 0 Å². The highest BCUT2D eigenvalue weighted by Crippen LogP contribution is 2.12. The number of carboxylic acids is 1. The monoisotopic (exact) mass is 205 g/mol. The topological polar surface area (TPSA) is 78.9 Å². The molecule has 0 fully saturated rings. The molecule has 5 heteroatoms. The number of aromatic nitrogens is 2. The Balaban J connectivity index is 3.13. The maximum Gasteiger partial charge on any atom is 0.346 e. The van der Waals surface area contributed by atoms with Crippen molar-refractivity contribution in [1.82, 2.24) is 9.55 Å². The van der Waals surface area contributed by atoms with Crippen LogP contribution in [0.25, 0.3) is 6.08 Å². The third-order valence-corrected chi connectivity index (χ3v) is 1.90. The van der Waals surface area contributed by atoms with Crippen molar-refractivity contribution in [3.05, 3.63) is 23.8 Å². The Kier molecular flexibility index (Phi) is 3.24. The summed E-state index contributed by atoms with van der Waals surface area (Å²) < 4.78 is 1.79. The molecule has 1 N–H and O–H groups in total. The lowest BCUT2D eigenvalue weighted by molar-refractivity contribution is -0.132. The minimum absolute atomic E-state index is 0.174. The van der Waals surface area contributed by atoms with Gasteiger partial charge in [0.2, 0.25) is 0 Å². The average Bonchev–Trinajstić information content (AvgIpc) is 2.61. The van der Waals surface area contributed by atoms with Gasteiger partial charge in [-0.3, -0.25) is 0 Å². The summed E-state index contributed by atoms with van der Waals surface area (Å²) in [7, 11) is 0. The summed E-state index contributed by atoms with van der Waals surface area (Å²) in [4.78, 5) is 14.5. The Morgan fingerprint density at radius 3 is 2.87 bits per heavy atom. The Morgan fingerprint density at radius 1 is 1.73 bits per heavy atom. The first kappa shape index (κ1) is 11.0. The molecule has 0 spiro atoms. The quantitative estimate of drug-likeness (QED) is 0.598. The average molecular weight is 205 g/mol. The smallest absolute Gasteiger partial charge is 0.346 e. The van der Waals surface area contributed by atoms with Crippen LogP contribution in [0.2, 0.25) is 0 Å². The van der Waals surface area contributed by atoms with Crippen LogP contribution in [0.15, 0.2) is 18.1 Å². The van der Waals surface area contributed by atoms with Crippen LogP contribution in [0.1, 0.15) is 25.6 Å². The Labute approximate surface area is 87.3 Å². The summed E-state index contributed by atoms with van der Waals surface area (Å²) in [6, 6.07) is 1.80. The summed E-state index contributed by atoms with van der Waals surface area (Å²) in [6.45, 7) is 3.90. The standard InChI is InChI=1S/C10H11N3O2/c1-7(2)13-6-12-5-9(13)3-8(4-11)10(14)15/h3,5-7H,1-2H3,(H,14,15)/b8-3-. The van der Waals surface area contributed by atoms with Crippen LogP contribution < -0.4 is 0 Å². The molecule has 1 rings (SSSR count). The molecule has 1 aromatic heterocycles. The van der Waals surface area contributed by atoms with E-state index in [-0.39, 0.29) is 11.6 Å². The predicted octanol–water partition coefficient (Wildman–Crippen LogP) is 1.46. The zero-order valence-electron chi connectivity index (χ0n) is 8.51. The summed E-state index contributed by atoms with van der Waals surface area (Å²) in [5.41, 5.74) is 0.321. The summed E-state index contributed by atoms with van der Waals surface area (Å²) in [5.74, 6) is -1.23. The van der Waals surface area contributed by atoms with Gasteiger partial charge in [-0.2, -0.15) is 5.26 Å².